The van der Waals surface area contributed by atoms with Gasteiger partial charge in [-0.3, -0.25) is 4.99 Å². The van der Waals surface area contributed by atoms with Crippen molar-refractivity contribution in [3.63, 3.8) is 0 Å². The van der Waals surface area contributed by atoms with E-state index in [0.717, 1.165) is 43.3 Å². The molecule has 144 valence electrons. The summed E-state index contributed by atoms with van der Waals surface area (Å²) in [6.45, 7) is 2.50. The topological polar surface area (TPSA) is 97.9 Å². The fourth-order valence-corrected chi connectivity index (χ4v) is 3.17. The van der Waals surface area contributed by atoms with Gasteiger partial charge in [0, 0.05) is 38.1 Å². The first-order chi connectivity index (χ1) is 13.2. The van der Waals surface area contributed by atoms with Crippen molar-refractivity contribution in [3.05, 3.63) is 36.7 Å². The van der Waals surface area contributed by atoms with E-state index in [1.807, 2.05) is 24.3 Å². The largest absolute Gasteiger partial charge is 0.497 e. The summed E-state index contributed by atoms with van der Waals surface area (Å²) in [5.74, 6) is 2.94. The molecule has 3 rings (SSSR count). The zero-order valence-corrected chi connectivity index (χ0v) is 15.8. The van der Waals surface area contributed by atoms with Crippen molar-refractivity contribution in [1.29, 1.82) is 0 Å². The summed E-state index contributed by atoms with van der Waals surface area (Å²) in [6, 6.07) is 7.32. The minimum atomic E-state index is 0.356. The van der Waals surface area contributed by atoms with E-state index in [4.69, 9.17) is 15.2 Å². The number of piperidine rings is 1. The molecule has 1 aliphatic heterocycles. The number of anilines is 2. The Balaban J connectivity index is 1.60. The van der Waals surface area contributed by atoms with Crippen LogP contribution >= 0.6 is 0 Å². The van der Waals surface area contributed by atoms with Crippen LogP contribution in [0.25, 0.3) is 0 Å². The highest BCUT2D eigenvalue weighted by atomic mass is 16.5. The van der Waals surface area contributed by atoms with Crippen molar-refractivity contribution in [3.8, 4) is 11.5 Å². The Bertz CT molecular complexity index is 768. The summed E-state index contributed by atoms with van der Waals surface area (Å²) in [5.41, 5.74) is 6.81. The maximum atomic E-state index is 6.09. The molecule has 1 unspecified atom stereocenters. The molecule has 0 amide bonds. The predicted molar refractivity (Wildman–Crippen MR) is 107 cm³/mol. The minimum Gasteiger partial charge on any atom is -0.497 e. The number of nitrogens with one attached hydrogen (secondary N) is 1. The smallest absolute Gasteiger partial charge is 0.225 e. The molecular formula is C19H26N6O2. The Morgan fingerprint density at radius 1 is 1.30 bits per heavy atom. The van der Waals surface area contributed by atoms with E-state index in [9.17, 15) is 0 Å². The zero-order valence-electron chi connectivity index (χ0n) is 15.8. The van der Waals surface area contributed by atoms with Crippen molar-refractivity contribution >= 4 is 17.6 Å². The third-order valence-electron chi connectivity index (χ3n) is 4.54. The Kier molecular flexibility index (Phi) is 6.30. The SMILES string of the molecule is COc1ccc(OC)c(NC(N)=NCC2CCCN(c3ncccn3)C2)c1. The van der Waals surface area contributed by atoms with Gasteiger partial charge in [0.2, 0.25) is 5.95 Å². The Hall–Kier alpha value is -3.03. The van der Waals surface area contributed by atoms with Crippen molar-refractivity contribution < 1.29 is 9.47 Å². The lowest BCUT2D eigenvalue weighted by Gasteiger charge is -2.31. The van der Waals surface area contributed by atoms with Crippen LogP contribution in [0.2, 0.25) is 0 Å². The predicted octanol–water partition coefficient (Wildman–Crippen LogP) is 2.14. The highest BCUT2D eigenvalue weighted by molar-refractivity contribution is 5.94. The Morgan fingerprint density at radius 3 is 2.85 bits per heavy atom. The number of nitrogens with two attached hydrogens (primary N) is 1. The van der Waals surface area contributed by atoms with Crippen LogP contribution in [0.5, 0.6) is 11.5 Å². The number of rotatable bonds is 6. The number of aromatic nitrogens is 2. The molecule has 8 nitrogen and oxygen atoms in total. The van der Waals surface area contributed by atoms with Crippen molar-refractivity contribution in [1.82, 2.24) is 9.97 Å². The molecule has 27 heavy (non-hydrogen) atoms. The van der Waals surface area contributed by atoms with Crippen molar-refractivity contribution in [2.75, 3.05) is 44.1 Å². The van der Waals surface area contributed by atoms with Crippen LogP contribution in [0, 0.1) is 5.92 Å². The van der Waals surface area contributed by atoms with Crippen LogP contribution < -0.4 is 25.4 Å². The number of nitrogens with zero attached hydrogens (tertiary/aromatic N) is 4. The zero-order chi connectivity index (χ0) is 19.1. The van der Waals surface area contributed by atoms with Gasteiger partial charge in [-0.05, 0) is 37.0 Å². The summed E-state index contributed by atoms with van der Waals surface area (Å²) in [6.07, 6.45) is 5.75. The number of hydrogen-bond acceptors (Lipinski definition) is 6. The second kappa shape index (κ2) is 9.07. The second-order valence-corrected chi connectivity index (χ2v) is 6.42. The number of methoxy groups -OCH3 is 2. The van der Waals surface area contributed by atoms with Gasteiger partial charge in [-0.25, -0.2) is 9.97 Å². The first kappa shape index (κ1) is 18.8. The fraction of sp³-hybridized carbons (Fsp3) is 0.421. The van der Waals surface area contributed by atoms with Gasteiger partial charge < -0.3 is 25.4 Å². The molecule has 1 aromatic heterocycles. The van der Waals surface area contributed by atoms with Gasteiger partial charge in [-0.1, -0.05) is 0 Å². The van der Waals surface area contributed by atoms with Gasteiger partial charge >= 0.3 is 0 Å². The molecule has 0 saturated carbocycles. The number of hydrogen-bond donors (Lipinski definition) is 2. The molecule has 8 heteroatoms. The molecule has 1 saturated heterocycles. The standard InChI is InChI=1S/C19H26N6O2/c1-26-15-6-7-17(27-2)16(11-15)24-18(20)23-12-14-5-3-10-25(13-14)19-21-8-4-9-22-19/h4,6-9,11,14H,3,5,10,12-13H2,1-2H3,(H3,20,23,24). The maximum absolute atomic E-state index is 6.09. The molecule has 3 N–H and O–H groups in total. The highest BCUT2D eigenvalue weighted by Crippen LogP contribution is 2.28. The maximum Gasteiger partial charge on any atom is 0.225 e. The normalized spacial score (nSPS) is 17.5. The van der Waals surface area contributed by atoms with Crippen LogP contribution in [0.3, 0.4) is 0 Å². The summed E-state index contributed by atoms with van der Waals surface area (Å²) in [7, 11) is 3.23. The van der Waals surface area contributed by atoms with E-state index in [2.05, 4.69) is 25.2 Å². The van der Waals surface area contributed by atoms with Crippen molar-refractivity contribution in [2.24, 2.45) is 16.6 Å². The lowest BCUT2D eigenvalue weighted by Crippen LogP contribution is -2.38. The van der Waals surface area contributed by atoms with Crippen LogP contribution in [0.15, 0.2) is 41.7 Å². The monoisotopic (exact) mass is 370 g/mol. The van der Waals surface area contributed by atoms with Crippen LogP contribution in [0.1, 0.15) is 12.8 Å². The highest BCUT2D eigenvalue weighted by Gasteiger charge is 2.21. The van der Waals surface area contributed by atoms with Gasteiger partial charge in [0.1, 0.15) is 11.5 Å². The van der Waals surface area contributed by atoms with Crippen LogP contribution in [0.4, 0.5) is 11.6 Å². The molecule has 2 heterocycles. The number of benzene rings is 1. The number of guanidine groups is 1. The Labute approximate surface area is 159 Å². The first-order valence-electron chi connectivity index (χ1n) is 9.00. The molecule has 0 spiro atoms. The summed E-state index contributed by atoms with van der Waals surface area (Å²) >= 11 is 0. The molecule has 0 bridgehead atoms. The van der Waals surface area contributed by atoms with Gasteiger partial charge in [0.25, 0.3) is 0 Å². The van der Waals surface area contributed by atoms with E-state index in [0.29, 0.717) is 24.2 Å². The van der Waals surface area contributed by atoms with E-state index in [1.54, 1.807) is 26.6 Å². The third kappa shape index (κ3) is 4.99. The first-order valence-corrected chi connectivity index (χ1v) is 9.00. The lowest BCUT2D eigenvalue weighted by molar-refractivity contribution is 0.405. The molecule has 1 atom stereocenters. The molecule has 0 radical (unpaired) electrons. The third-order valence-corrected chi connectivity index (χ3v) is 4.54. The minimum absolute atomic E-state index is 0.356. The number of ether oxygens (including phenoxy) is 2. The van der Waals surface area contributed by atoms with Gasteiger partial charge in [0.05, 0.1) is 19.9 Å². The lowest BCUT2D eigenvalue weighted by atomic mass is 9.98. The van der Waals surface area contributed by atoms with Gasteiger partial charge in [-0.2, -0.15) is 0 Å². The number of aliphatic imine (C=N–C) groups is 1. The molecule has 2 aromatic rings. The molecule has 1 fully saturated rings. The summed E-state index contributed by atoms with van der Waals surface area (Å²) in [4.78, 5) is 15.4. The molecule has 1 aliphatic rings. The van der Waals surface area contributed by atoms with Crippen LogP contribution in [-0.4, -0.2) is 49.8 Å². The van der Waals surface area contributed by atoms with E-state index < -0.39 is 0 Å². The molecule has 1 aromatic carbocycles. The molecular weight excluding hydrogens is 344 g/mol. The average molecular weight is 370 g/mol. The Morgan fingerprint density at radius 2 is 2.11 bits per heavy atom. The van der Waals surface area contributed by atoms with Gasteiger partial charge in [-0.15, -0.1) is 0 Å². The van der Waals surface area contributed by atoms with Crippen LogP contribution in [-0.2, 0) is 0 Å². The van der Waals surface area contributed by atoms with Crippen molar-refractivity contribution in [2.45, 2.75) is 12.8 Å². The van der Waals surface area contributed by atoms with E-state index in [-0.39, 0.29) is 0 Å². The fourth-order valence-electron chi connectivity index (χ4n) is 3.17. The average Bonchev–Trinajstić information content (AvgIpc) is 2.73. The second-order valence-electron chi connectivity index (χ2n) is 6.42. The van der Waals surface area contributed by atoms with E-state index >= 15 is 0 Å². The molecule has 0 aliphatic carbocycles. The van der Waals surface area contributed by atoms with E-state index in [1.165, 1.54) is 0 Å². The summed E-state index contributed by atoms with van der Waals surface area (Å²) < 4.78 is 10.6. The quantitative estimate of drug-likeness (QED) is 0.594. The van der Waals surface area contributed by atoms with Gasteiger partial charge in [0.15, 0.2) is 5.96 Å². The summed E-state index contributed by atoms with van der Waals surface area (Å²) in [5, 5.41) is 3.10.